The number of nitrogens with one attached hydrogen (secondary N) is 1. The summed E-state index contributed by atoms with van der Waals surface area (Å²) in [7, 11) is 1.28. The van der Waals surface area contributed by atoms with Crippen molar-refractivity contribution in [3.8, 4) is 0 Å². The van der Waals surface area contributed by atoms with E-state index in [1.165, 1.54) is 41.0 Å². The largest absolute Gasteiger partial charge is 0.412 e. The van der Waals surface area contributed by atoms with Gasteiger partial charge in [0.25, 0.3) is 0 Å². The molecule has 0 spiro atoms. The predicted molar refractivity (Wildman–Crippen MR) is 118 cm³/mol. The molecule has 0 bridgehead atoms. The molecule has 5 aromatic rings. The monoisotopic (exact) mass is 370 g/mol. The first-order chi connectivity index (χ1) is 12.9. The minimum absolute atomic E-state index is 0. The quantitative estimate of drug-likeness (QED) is 0.421. The standard InChI is InChI=1S/C12H9N.C12H10P.H2O/c1-3-7-11-9(5-1)10-6-2-4-8-12(10)13-11;1-3-7-11(8-4-1)13-12-9-5-2-6-10-12;/h1-8,13H;1-10H;1H2. The van der Waals surface area contributed by atoms with Crippen LogP contribution < -0.4 is 10.6 Å². The van der Waals surface area contributed by atoms with E-state index in [0.29, 0.717) is 0 Å². The molecule has 0 fully saturated rings. The lowest BCUT2D eigenvalue weighted by Gasteiger charge is -1.98. The van der Waals surface area contributed by atoms with E-state index >= 15 is 0 Å². The van der Waals surface area contributed by atoms with Crippen molar-refractivity contribution in [1.29, 1.82) is 0 Å². The third-order valence-corrected chi connectivity index (χ3v) is 5.30. The van der Waals surface area contributed by atoms with Crippen LogP contribution in [-0.4, -0.2) is 10.5 Å². The van der Waals surface area contributed by atoms with Gasteiger partial charge in [0.05, 0.1) is 0 Å². The molecule has 0 saturated heterocycles. The van der Waals surface area contributed by atoms with Crippen molar-refractivity contribution in [2.75, 3.05) is 0 Å². The Morgan fingerprint density at radius 2 is 0.815 bits per heavy atom. The highest BCUT2D eigenvalue weighted by Gasteiger charge is 2.00. The summed E-state index contributed by atoms with van der Waals surface area (Å²) in [5.41, 5.74) is 2.42. The van der Waals surface area contributed by atoms with Gasteiger partial charge >= 0.3 is 0 Å². The average Bonchev–Trinajstić information content (AvgIpc) is 3.09. The zero-order valence-electron chi connectivity index (χ0n) is 14.8. The number of para-hydroxylation sites is 2. The van der Waals surface area contributed by atoms with Gasteiger partial charge in [0.2, 0.25) is 0 Å². The van der Waals surface area contributed by atoms with Gasteiger partial charge in [-0.1, -0.05) is 97.1 Å². The number of aromatic amines is 1. The lowest BCUT2D eigenvalue weighted by Crippen LogP contribution is -2.01. The van der Waals surface area contributed by atoms with Crippen LogP contribution in [-0.2, 0) is 0 Å². The van der Waals surface area contributed by atoms with Gasteiger partial charge in [-0.3, -0.25) is 0 Å². The molecule has 3 heteroatoms. The number of aromatic nitrogens is 1. The molecule has 2 nitrogen and oxygen atoms in total. The maximum atomic E-state index is 3.38. The fourth-order valence-corrected chi connectivity index (χ4v) is 3.89. The molecule has 0 amide bonds. The summed E-state index contributed by atoms with van der Waals surface area (Å²) in [6, 6.07) is 37.7. The predicted octanol–water partition coefficient (Wildman–Crippen LogP) is 5.08. The summed E-state index contributed by atoms with van der Waals surface area (Å²) in [5.74, 6) is 0. The van der Waals surface area contributed by atoms with Crippen molar-refractivity contribution in [2.45, 2.75) is 0 Å². The molecule has 1 aromatic heterocycles. The summed E-state index contributed by atoms with van der Waals surface area (Å²) < 4.78 is 0. The highest BCUT2D eigenvalue weighted by molar-refractivity contribution is 7.55. The number of H-pyrrole nitrogens is 1. The molecule has 0 aliphatic rings. The molecule has 1 heterocycles. The molecule has 0 aliphatic heterocycles. The average molecular weight is 370 g/mol. The second kappa shape index (κ2) is 9.14. The molecule has 0 unspecified atom stereocenters. The van der Waals surface area contributed by atoms with Crippen LogP contribution in [0.1, 0.15) is 0 Å². The number of hydrogen-bond acceptors (Lipinski definition) is 0. The van der Waals surface area contributed by atoms with Crippen LogP contribution in [0.4, 0.5) is 0 Å². The van der Waals surface area contributed by atoms with Gasteiger partial charge in [0, 0.05) is 21.8 Å². The Bertz CT molecular complexity index is 1020. The Hall–Kier alpha value is -2.93. The molecule has 0 atom stereocenters. The van der Waals surface area contributed by atoms with Crippen molar-refractivity contribution in [3.05, 3.63) is 109 Å². The van der Waals surface area contributed by atoms with E-state index in [9.17, 15) is 0 Å². The summed E-state index contributed by atoms with van der Waals surface area (Å²) >= 11 is 0. The van der Waals surface area contributed by atoms with Gasteiger partial charge < -0.3 is 10.5 Å². The number of hydrogen-bond donors (Lipinski definition) is 1. The molecular formula is C24H21NOP. The maximum Gasteiger partial charge on any atom is 0.0464 e. The van der Waals surface area contributed by atoms with Crippen LogP contribution in [0.5, 0.6) is 0 Å². The van der Waals surface area contributed by atoms with E-state index in [4.69, 9.17) is 0 Å². The van der Waals surface area contributed by atoms with E-state index in [0.717, 1.165) is 0 Å². The summed E-state index contributed by atoms with van der Waals surface area (Å²) in [6.45, 7) is 0. The van der Waals surface area contributed by atoms with Crippen LogP contribution in [0.2, 0.25) is 0 Å². The van der Waals surface area contributed by atoms with Crippen LogP contribution in [0, 0.1) is 0 Å². The first-order valence-corrected chi connectivity index (χ1v) is 9.57. The molecule has 5 rings (SSSR count). The van der Waals surface area contributed by atoms with Crippen molar-refractivity contribution >= 4 is 41.0 Å². The molecule has 3 N–H and O–H groups in total. The Balaban J connectivity index is 0.000000150. The zero-order valence-corrected chi connectivity index (χ0v) is 15.7. The Morgan fingerprint density at radius 1 is 0.444 bits per heavy atom. The highest BCUT2D eigenvalue weighted by atomic mass is 31.1. The summed E-state index contributed by atoms with van der Waals surface area (Å²) in [5, 5.41) is 5.29. The van der Waals surface area contributed by atoms with Crippen LogP contribution >= 0.6 is 8.58 Å². The van der Waals surface area contributed by atoms with Crippen LogP contribution in [0.15, 0.2) is 109 Å². The second-order valence-corrected chi connectivity index (χ2v) is 7.26. The third-order valence-electron chi connectivity index (χ3n) is 4.18. The van der Waals surface area contributed by atoms with E-state index in [2.05, 4.69) is 102 Å². The van der Waals surface area contributed by atoms with Gasteiger partial charge in [-0.05, 0) is 31.3 Å². The van der Waals surface area contributed by atoms with E-state index in [1.54, 1.807) is 0 Å². The molecule has 0 aliphatic carbocycles. The van der Waals surface area contributed by atoms with Gasteiger partial charge in [-0.15, -0.1) is 0 Å². The number of fused-ring (bicyclic) bond motifs is 3. The third kappa shape index (κ3) is 4.62. The minimum atomic E-state index is 0. The van der Waals surface area contributed by atoms with E-state index in [1.807, 2.05) is 12.1 Å². The van der Waals surface area contributed by atoms with E-state index < -0.39 is 0 Å². The van der Waals surface area contributed by atoms with Gasteiger partial charge in [0.15, 0.2) is 0 Å². The van der Waals surface area contributed by atoms with Gasteiger partial charge in [0.1, 0.15) is 0 Å². The van der Waals surface area contributed by atoms with Crippen LogP contribution in [0.3, 0.4) is 0 Å². The smallest absolute Gasteiger partial charge is 0.0464 e. The maximum absolute atomic E-state index is 3.38. The van der Waals surface area contributed by atoms with Crippen molar-refractivity contribution in [1.82, 2.24) is 4.98 Å². The molecule has 0 saturated carbocycles. The van der Waals surface area contributed by atoms with Crippen molar-refractivity contribution in [2.24, 2.45) is 0 Å². The number of benzene rings is 4. The summed E-state index contributed by atoms with van der Waals surface area (Å²) in [6.07, 6.45) is 0. The first-order valence-electron chi connectivity index (χ1n) is 8.67. The minimum Gasteiger partial charge on any atom is -0.412 e. The molecule has 4 aromatic carbocycles. The van der Waals surface area contributed by atoms with Gasteiger partial charge in [-0.25, -0.2) is 0 Å². The molecule has 133 valence electrons. The van der Waals surface area contributed by atoms with Crippen molar-refractivity contribution < 1.29 is 5.48 Å². The van der Waals surface area contributed by atoms with E-state index in [-0.39, 0.29) is 5.48 Å². The zero-order chi connectivity index (χ0) is 17.6. The lowest BCUT2D eigenvalue weighted by atomic mass is 10.2. The fraction of sp³-hybridized carbons (Fsp3) is 0. The lowest BCUT2D eigenvalue weighted by molar-refractivity contribution is 0.824. The molecule has 27 heavy (non-hydrogen) atoms. The highest BCUT2D eigenvalue weighted by Crippen LogP contribution is 2.24. The SMILES string of the molecule is O.c1ccc([P]c2ccccc2)cc1.c1ccc2c(c1)[nH]c1ccccc12. The fourth-order valence-electron chi connectivity index (χ4n) is 2.95. The normalized spacial score (nSPS) is 10.1. The topological polar surface area (TPSA) is 47.3 Å². The summed E-state index contributed by atoms with van der Waals surface area (Å²) in [4.78, 5) is 3.38. The van der Waals surface area contributed by atoms with Gasteiger partial charge in [-0.2, -0.15) is 0 Å². The second-order valence-electron chi connectivity index (χ2n) is 6.00. The first kappa shape index (κ1) is 18.8. The Kier molecular flexibility index (Phi) is 6.38. The Morgan fingerprint density at radius 3 is 1.26 bits per heavy atom. The Labute approximate surface area is 161 Å². The number of rotatable bonds is 2. The molecular weight excluding hydrogens is 349 g/mol. The van der Waals surface area contributed by atoms with Crippen LogP contribution in [0.25, 0.3) is 21.8 Å². The van der Waals surface area contributed by atoms with Crippen molar-refractivity contribution in [3.63, 3.8) is 0 Å². The molecule has 1 radical (unpaired) electrons.